The predicted octanol–water partition coefficient (Wildman–Crippen LogP) is 3.56. The van der Waals surface area contributed by atoms with E-state index in [1.54, 1.807) is 0 Å². The highest BCUT2D eigenvalue weighted by Gasteiger charge is 2.31. The number of nitrogens with one attached hydrogen (secondary N) is 2. The van der Waals surface area contributed by atoms with E-state index in [1.807, 2.05) is 20.8 Å². The van der Waals surface area contributed by atoms with Crippen molar-refractivity contribution in [3.05, 3.63) is 24.3 Å². The zero-order chi connectivity index (χ0) is 22.4. The Kier molecular flexibility index (Phi) is 10.3. The third-order valence-corrected chi connectivity index (χ3v) is 4.47. The van der Waals surface area contributed by atoms with Crippen molar-refractivity contribution in [3.8, 4) is 5.75 Å². The molecule has 4 N–H and O–H groups in total. The number of hydrogen-bond acceptors (Lipinski definition) is 4. The van der Waals surface area contributed by atoms with E-state index in [1.165, 1.54) is 24.3 Å². The fraction of sp³-hybridized carbons (Fsp3) is 0.600. The second-order valence-corrected chi connectivity index (χ2v) is 8.44. The van der Waals surface area contributed by atoms with Gasteiger partial charge in [0.05, 0.1) is 6.54 Å². The lowest BCUT2D eigenvalue weighted by atomic mass is 9.97. The van der Waals surface area contributed by atoms with Crippen LogP contribution in [0, 0.1) is 5.92 Å². The van der Waals surface area contributed by atoms with Gasteiger partial charge in [-0.05, 0) is 76.9 Å². The highest BCUT2D eigenvalue weighted by molar-refractivity contribution is 14.0. The van der Waals surface area contributed by atoms with Crippen molar-refractivity contribution < 1.29 is 22.7 Å². The summed E-state index contributed by atoms with van der Waals surface area (Å²) in [7, 11) is 0. The molecule has 1 amide bonds. The highest BCUT2D eigenvalue weighted by atomic mass is 127. The summed E-state index contributed by atoms with van der Waals surface area (Å²) in [5.74, 6) is 0.298. The Bertz CT molecular complexity index is 728. The number of nitrogens with zero attached hydrogens (tertiary/aromatic N) is 2. The van der Waals surface area contributed by atoms with Crippen molar-refractivity contribution in [3.63, 3.8) is 0 Å². The molecule has 0 aromatic heterocycles. The molecular formula is C20H31F3IN5O2. The number of alkyl halides is 3. The van der Waals surface area contributed by atoms with Crippen LogP contribution in [0.4, 0.5) is 18.9 Å². The quantitative estimate of drug-likeness (QED) is 0.283. The molecule has 0 bridgehead atoms. The largest absolute Gasteiger partial charge is 0.573 e. The third-order valence-electron chi connectivity index (χ3n) is 4.47. The van der Waals surface area contributed by atoms with Gasteiger partial charge < -0.3 is 21.1 Å². The van der Waals surface area contributed by atoms with Gasteiger partial charge >= 0.3 is 6.36 Å². The number of carbonyl (C=O) groups is 1. The highest BCUT2D eigenvalue weighted by Crippen LogP contribution is 2.24. The Morgan fingerprint density at radius 2 is 1.77 bits per heavy atom. The molecule has 0 saturated carbocycles. The lowest BCUT2D eigenvalue weighted by Crippen LogP contribution is -2.47. The maximum atomic E-state index is 12.2. The second-order valence-electron chi connectivity index (χ2n) is 8.44. The number of benzene rings is 1. The van der Waals surface area contributed by atoms with Gasteiger partial charge in [0.15, 0.2) is 5.96 Å². The number of guanidine groups is 1. The third kappa shape index (κ3) is 11.4. The minimum absolute atomic E-state index is 0. The Morgan fingerprint density at radius 3 is 2.29 bits per heavy atom. The van der Waals surface area contributed by atoms with Crippen molar-refractivity contribution in [1.29, 1.82) is 0 Å². The number of nitrogens with two attached hydrogens (primary N) is 1. The maximum absolute atomic E-state index is 12.2. The summed E-state index contributed by atoms with van der Waals surface area (Å²) in [5.41, 5.74) is 6.16. The molecule has 7 nitrogen and oxygen atoms in total. The molecule has 1 saturated heterocycles. The van der Waals surface area contributed by atoms with E-state index in [-0.39, 0.29) is 47.1 Å². The number of likely N-dealkylation sites (tertiary alicyclic amines) is 1. The van der Waals surface area contributed by atoms with E-state index in [4.69, 9.17) is 5.73 Å². The molecule has 1 aliphatic rings. The van der Waals surface area contributed by atoms with E-state index < -0.39 is 6.36 Å². The molecular weight excluding hydrogens is 526 g/mol. The fourth-order valence-corrected chi connectivity index (χ4v) is 3.14. The molecule has 1 heterocycles. The number of amides is 1. The molecule has 31 heavy (non-hydrogen) atoms. The number of hydrogen-bond donors (Lipinski definition) is 3. The normalized spacial score (nSPS) is 16.4. The first-order valence-electron chi connectivity index (χ1n) is 9.86. The van der Waals surface area contributed by atoms with Crippen LogP contribution in [0.2, 0.25) is 0 Å². The number of aliphatic imine (C=N–C) groups is 1. The van der Waals surface area contributed by atoms with Crippen molar-refractivity contribution in [2.75, 3.05) is 31.5 Å². The van der Waals surface area contributed by atoms with Gasteiger partial charge in [-0.2, -0.15) is 0 Å². The van der Waals surface area contributed by atoms with Gasteiger partial charge in [-0.25, -0.2) is 0 Å². The van der Waals surface area contributed by atoms with Gasteiger partial charge in [0.2, 0.25) is 5.91 Å². The molecule has 0 aliphatic carbocycles. The Hall–Kier alpha value is -1.76. The standard InChI is InChI=1S/C20H30F3N5O2.HI/c1-19(2,3)27-17(29)13-28-10-8-14(9-11-28)12-25-18(24)26-15-4-6-16(7-5-15)30-20(21,22)23;/h4-7,14H,8-13H2,1-3H3,(H,27,29)(H3,24,25,26);1H. The molecule has 2 rings (SSSR count). The van der Waals surface area contributed by atoms with Crippen LogP contribution in [0.5, 0.6) is 5.75 Å². The van der Waals surface area contributed by atoms with Crippen molar-refractivity contribution in [1.82, 2.24) is 10.2 Å². The Balaban J connectivity index is 0.00000480. The first kappa shape index (κ1) is 27.3. The summed E-state index contributed by atoms with van der Waals surface area (Å²) in [6, 6.07) is 5.28. The lowest BCUT2D eigenvalue weighted by molar-refractivity contribution is -0.274. The lowest BCUT2D eigenvalue weighted by Gasteiger charge is -2.31. The first-order chi connectivity index (χ1) is 13.9. The topological polar surface area (TPSA) is 92.0 Å². The second kappa shape index (κ2) is 11.7. The van der Waals surface area contributed by atoms with Crippen LogP contribution in [0.15, 0.2) is 29.3 Å². The van der Waals surface area contributed by atoms with Crippen LogP contribution in [-0.2, 0) is 4.79 Å². The SMILES string of the molecule is CC(C)(C)NC(=O)CN1CCC(CN=C(N)Nc2ccc(OC(F)(F)F)cc2)CC1.I. The van der Waals surface area contributed by atoms with E-state index in [2.05, 4.69) is 25.3 Å². The summed E-state index contributed by atoms with van der Waals surface area (Å²) in [5, 5.41) is 5.82. The zero-order valence-corrected chi connectivity index (χ0v) is 20.3. The Morgan fingerprint density at radius 1 is 1.19 bits per heavy atom. The van der Waals surface area contributed by atoms with Crippen LogP contribution in [-0.4, -0.2) is 54.8 Å². The molecule has 1 aliphatic heterocycles. The molecule has 1 aromatic carbocycles. The summed E-state index contributed by atoms with van der Waals surface area (Å²) < 4.78 is 40.4. The molecule has 0 spiro atoms. The van der Waals surface area contributed by atoms with Crippen molar-refractivity contribution >= 4 is 41.5 Å². The van der Waals surface area contributed by atoms with Crippen LogP contribution < -0.4 is 21.1 Å². The number of piperidine rings is 1. The monoisotopic (exact) mass is 557 g/mol. The molecule has 11 heteroatoms. The first-order valence-corrected chi connectivity index (χ1v) is 9.86. The van der Waals surface area contributed by atoms with Crippen LogP contribution in [0.25, 0.3) is 0 Å². The summed E-state index contributed by atoms with van der Waals surface area (Å²) in [4.78, 5) is 18.5. The van der Waals surface area contributed by atoms with Gasteiger partial charge in [0.25, 0.3) is 0 Å². The van der Waals surface area contributed by atoms with Gasteiger partial charge in [-0.15, -0.1) is 37.1 Å². The van der Waals surface area contributed by atoms with Crippen molar-refractivity contribution in [2.24, 2.45) is 16.6 Å². The molecule has 1 fully saturated rings. The molecule has 0 unspecified atom stereocenters. The number of rotatable bonds is 6. The van der Waals surface area contributed by atoms with Crippen molar-refractivity contribution in [2.45, 2.75) is 45.5 Å². The van der Waals surface area contributed by atoms with E-state index in [0.717, 1.165) is 25.9 Å². The smallest absolute Gasteiger partial charge is 0.406 e. The molecule has 176 valence electrons. The summed E-state index contributed by atoms with van der Waals surface area (Å²) >= 11 is 0. The van der Waals surface area contributed by atoms with E-state index in [0.29, 0.717) is 24.7 Å². The average molecular weight is 557 g/mol. The predicted molar refractivity (Wildman–Crippen MR) is 126 cm³/mol. The number of ether oxygens (including phenoxy) is 1. The molecule has 1 aromatic rings. The van der Waals surface area contributed by atoms with Crippen LogP contribution in [0.1, 0.15) is 33.6 Å². The summed E-state index contributed by atoms with van der Waals surface area (Å²) in [6.45, 7) is 8.47. The van der Waals surface area contributed by atoms with Crippen LogP contribution >= 0.6 is 24.0 Å². The van der Waals surface area contributed by atoms with Gasteiger partial charge in [-0.3, -0.25) is 14.7 Å². The van der Waals surface area contributed by atoms with E-state index >= 15 is 0 Å². The van der Waals surface area contributed by atoms with Gasteiger partial charge in [0.1, 0.15) is 5.75 Å². The average Bonchev–Trinajstić information content (AvgIpc) is 2.60. The maximum Gasteiger partial charge on any atom is 0.573 e. The Labute approximate surface area is 198 Å². The number of anilines is 1. The minimum atomic E-state index is -4.72. The zero-order valence-electron chi connectivity index (χ0n) is 18.0. The van der Waals surface area contributed by atoms with E-state index in [9.17, 15) is 18.0 Å². The van der Waals surface area contributed by atoms with Gasteiger partial charge in [-0.1, -0.05) is 0 Å². The van der Waals surface area contributed by atoms with Gasteiger partial charge in [0, 0.05) is 17.8 Å². The molecule has 0 atom stereocenters. The minimum Gasteiger partial charge on any atom is -0.406 e. The molecule has 0 radical (unpaired) electrons. The number of halogens is 4. The van der Waals surface area contributed by atoms with Crippen LogP contribution in [0.3, 0.4) is 0 Å². The summed E-state index contributed by atoms with van der Waals surface area (Å²) in [6.07, 6.45) is -2.88. The number of carbonyl (C=O) groups excluding carboxylic acids is 1. The fourth-order valence-electron chi connectivity index (χ4n) is 3.14.